The van der Waals surface area contributed by atoms with Crippen molar-refractivity contribution in [3.63, 3.8) is 0 Å². The van der Waals surface area contributed by atoms with Crippen LogP contribution in [-0.2, 0) is 5.41 Å². The van der Waals surface area contributed by atoms with Crippen molar-refractivity contribution in [2.75, 3.05) is 0 Å². The van der Waals surface area contributed by atoms with Gasteiger partial charge in [0.25, 0.3) is 5.56 Å². The van der Waals surface area contributed by atoms with Crippen LogP contribution in [0.5, 0.6) is 0 Å². The third-order valence-electron chi connectivity index (χ3n) is 4.40. The molecular weight excluding hydrogens is 310 g/mol. The first-order chi connectivity index (χ1) is 11.9. The molecule has 0 unspecified atom stereocenters. The van der Waals surface area contributed by atoms with Gasteiger partial charge in [-0.3, -0.25) is 9.78 Å². The van der Waals surface area contributed by atoms with E-state index in [4.69, 9.17) is 0 Å². The maximum absolute atomic E-state index is 12.2. The van der Waals surface area contributed by atoms with E-state index in [-0.39, 0.29) is 11.0 Å². The lowest BCUT2D eigenvalue weighted by atomic mass is 9.91. The van der Waals surface area contributed by atoms with E-state index in [2.05, 4.69) is 36.8 Å². The summed E-state index contributed by atoms with van der Waals surface area (Å²) in [7, 11) is 0. The fourth-order valence-electron chi connectivity index (χ4n) is 3.22. The van der Waals surface area contributed by atoms with E-state index in [0.29, 0.717) is 5.65 Å². The van der Waals surface area contributed by atoms with E-state index in [9.17, 15) is 4.79 Å². The van der Waals surface area contributed by atoms with E-state index < -0.39 is 0 Å². The second-order valence-electron chi connectivity index (χ2n) is 7.23. The Morgan fingerprint density at radius 1 is 0.960 bits per heavy atom. The van der Waals surface area contributed by atoms with Gasteiger partial charge in [-0.25, -0.2) is 0 Å². The molecule has 25 heavy (non-hydrogen) atoms. The van der Waals surface area contributed by atoms with Crippen molar-refractivity contribution < 1.29 is 0 Å². The largest absolute Gasteiger partial charge is 0.304 e. The first kappa shape index (κ1) is 15.5. The van der Waals surface area contributed by atoms with Gasteiger partial charge in [0.1, 0.15) is 5.65 Å². The molecule has 3 heterocycles. The summed E-state index contributed by atoms with van der Waals surface area (Å²) in [6, 6.07) is 15.7. The first-order valence-electron chi connectivity index (χ1n) is 8.32. The minimum atomic E-state index is -0.213. The van der Waals surface area contributed by atoms with Crippen molar-refractivity contribution in [3.8, 4) is 11.3 Å². The molecule has 124 valence electrons. The van der Waals surface area contributed by atoms with Crippen molar-refractivity contribution in [1.29, 1.82) is 0 Å². The van der Waals surface area contributed by atoms with Crippen LogP contribution in [0.1, 0.15) is 26.5 Å². The summed E-state index contributed by atoms with van der Waals surface area (Å²) < 4.78 is 2.01. The minimum absolute atomic E-state index is 0.159. The number of fused-ring (bicyclic) bond motifs is 3. The topological polar surface area (TPSA) is 47.3 Å². The number of hydrogen-bond acceptors (Lipinski definition) is 3. The summed E-state index contributed by atoms with van der Waals surface area (Å²) in [6.45, 7) is 6.29. The average Bonchev–Trinajstić information content (AvgIpc) is 2.60. The molecule has 4 aromatic rings. The van der Waals surface area contributed by atoms with Crippen LogP contribution in [0.4, 0.5) is 0 Å². The van der Waals surface area contributed by atoms with Crippen molar-refractivity contribution in [2.45, 2.75) is 26.2 Å². The molecule has 3 aromatic heterocycles. The van der Waals surface area contributed by atoms with Crippen LogP contribution in [0, 0.1) is 0 Å². The summed E-state index contributed by atoms with van der Waals surface area (Å²) in [5.74, 6) is 0. The number of hydrogen-bond donors (Lipinski definition) is 0. The molecule has 0 amide bonds. The highest BCUT2D eigenvalue weighted by molar-refractivity contribution is 6.01. The Morgan fingerprint density at radius 2 is 1.72 bits per heavy atom. The quantitative estimate of drug-likeness (QED) is 0.492. The number of nitrogens with zero attached hydrogens (tertiary/aromatic N) is 3. The Labute approximate surface area is 145 Å². The molecule has 0 spiro atoms. The highest BCUT2D eigenvalue weighted by atomic mass is 16.1. The fraction of sp³-hybridized carbons (Fsp3) is 0.190. The minimum Gasteiger partial charge on any atom is -0.304 e. The summed E-state index contributed by atoms with van der Waals surface area (Å²) in [5, 5.41) is 1.92. The molecule has 0 bridgehead atoms. The molecule has 4 rings (SSSR count). The monoisotopic (exact) mass is 329 g/mol. The lowest BCUT2D eigenvalue weighted by molar-refractivity contribution is 0.557. The van der Waals surface area contributed by atoms with Gasteiger partial charge >= 0.3 is 0 Å². The van der Waals surface area contributed by atoms with Crippen LogP contribution in [0.2, 0.25) is 0 Å². The van der Waals surface area contributed by atoms with Gasteiger partial charge in [0.15, 0.2) is 0 Å². The van der Waals surface area contributed by atoms with Gasteiger partial charge in [0.05, 0.1) is 5.69 Å². The SMILES string of the molecule is CC(C)(C)c1cc(=O)nc2c3ccnc(-c4ccccc4)c3ccn12. The Balaban J connectivity index is 2.13. The number of benzene rings is 1. The number of pyridine rings is 2. The fourth-order valence-corrected chi connectivity index (χ4v) is 3.22. The molecule has 0 aliphatic heterocycles. The lowest BCUT2D eigenvalue weighted by Crippen LogP contribution is -2.22. The Bertz CT molecular complexity index is 1140. The van der Waals surface area contributed by atoms with Crippen LogP contribution in [0.25, 0.3) is 27.7 Å². The maximum atomic E-state index is 12.2. The third kappa shape index (κ3) is 2.60. The molecule has 0 aliphatic rings. The summed E-state index contributed by atoms with van der Waals surface area (Å²) in [4.78, 5) is 21.1. The molecule has 0 atom stereocenters. The highest BCUT2D eigenvalue weighted by Gasteiger charge is 2.19. The van der Waals surface area contributed by atoms with Crippen LogP contribution in [0.3, 0.4) is 0 Å². The second kappa shape index (κ2) is 5.52. The van der Waals surface area contributed by atoms with Gasteiger partial charge in [0.2, 0.25) is 0 Å². The van der Waals surface area contributed by atoms with Crippen molar-refractivity contribution in [2.24, 2.45) is 0 Å². The van der Waals surface area contributed by atoms with Crippen LogP contribution in [-0.4, -0.2) is 14.4 Å². The first-order valence-corrected chi connectivity index (χ1v) is 8.32. The van der Waals surface area contributed by atoms with Gasteiger partial charge in [-0.1, -0.05) is 51.1 Å². The van der Waals surface area contributed by atoms with Gasteiger partial charge in [-0.05, 0) is 12.1 Å². The lowest BCUT2D eigenvalue weighted by Gasteiger charge is -2.22. The van der Waals surface area contributed by atoms with E-state index in [1.54, 1.807) is 12.3 Å². The predicted octanol–water partition coefficient (Wildman–Crippen LogP) is 4.21. The molecule has 0 aliphatic carbocycles. The van der Waals surface area contributed by atoms with Gasteiger partial charge in [0, 0.05) is 45.9 Å². The number of rotatable bonds is 1. The molecular formula is C21H19N3O. The molecule has 0 radical (unpaired) electrons. The second-order valence-corrected chi connectivity index (χ2v) is 7.23. The maximum Gasteiger partial charge on any atom is 0.273 e. The van der Waals surface area contributed by atoms with Crippen molar-refractivity contribution >= 4 is 16.4 Å². The Kier molecular flexibility index (Phi) is 3.42. The molecule has 4 heteroatoms. The molecule has 0 N–H and O–H groups in total. The normalized spacial score (nSPS) is 12.0. The third-order valence-corrected chi connectivity index (χ3v) is 4.40. The zero-order valence-electron chi connectivity index (χ0n) is 14.5. The van der Waals surface area contributed by atoms with E-state index in [1.165, 1.54) is 0 Å². The van der Waals surface area contributed by atoms with Gasteiger partial charge in [-0.15, -0.1) is 0 Å². The van der Waals surface area contributed by atoms with Gasteiger partial charge < -0.3 is 4.40 Å². The van der Waals surface area contributed by atoms with Crippen molar-refractivity contribution in [3.05, 3.63) is 77.0 Å². The standard InChI is InChI=1S/C21H19N3O/c1-21(2,3)17-13-18(25)23-20-16-9-11-22-19(14-7-5-4-6-8-14)15(16)10-12-24(17)20/h4-13H,1-3H3. The van der Waals surface area contributed by atoms with Crippen LogP contribution >= 0.6 is 0 Å². The highest BCUT2D eigenvalue weighted by Crippen LogP contribution is 2.29. The summed E-state index contributed by atoms with van der Waals surface area (Å²) in [6.07, 6.45) is 3.76. The smallest absolute Gasteiger partial charge is 0.273 e. The van der Waals surface area contributed by atoms with Crippen LogP contribution < -0.4 is 5.56 Å². The number of aromatic nitrogens is 3. The molecule has 1 aromatic carbocycles. The summed E-state index contributed by atoms with van der Waals surface area (Å²) >= 11 is 0. The molecule has 0 saturated carbocycles. The van der Waals surface area contributed by atoms with Crippen LogP contribution in [0.15, 0.2) is 65.7 Å². The van der Waals surface area contributed by atoms with Crippen molar-refractivity contribution in [1.82, 2.24) is 14.4 Å². The Morgan fingerprint density at radius 3 is 2.44 bits per heavy atom. The van der Waals surface area contributed by atoms with E-state index in [0.717, 1.165) is 27.7 Å². The zero-order valence-corrected chi connectivity index (χ0v) is 14.5. The van der Waals surface area contributed by atoms with E-state index in [1.807, 2.05) is 47.0 Å². The predicted molar refractivity (Wildman–Crippen MR) is 101 cm³/mol. The molecule has 0 fully saturated rings. The summed E-state index contributed by atoms with van der Waals surface area (Å²) in [5.41, 5.74) is 3.20. The Hall–Kier alpha value is -3.01. The molecule has 0 saturated heterocycles. The average molecular weight is 329 g/mol. The molecule has 4 nitrogen and oxygen atoms in total. The van der Waals surface area contributed by atoms with E-state index >= 15 is 0 Å². The zero-order chi connectivity index (χ0) is 17.6. The van der Waals surface area contributed by atoms with Gasteiger partial charge in [-0.2, -0.15) is 4.98 Å².